The molecule has 5 aromatic carbocycles. The average Bonchev–Trinajstić information content (AvgIpc) is 3.05. The summed E-state index contributed by atoms with van der Waals surface area (Å²) in [4.78, 5) is 14.3. The zero-order valence-electron chi connectivity index (χ0n) is 23.0. The third-order valence-corrected chi connectivity index (χ3v) is 6.45. The zero-order chi connectivity index (χ0) is 28.6. The molecule has 0 amide bonds. The van der Waals surface area contributed by atoms with Gasteiger partial charge in [-0.3, -0.25) is 0 Å². The molecule has 0 spiro atoms. The molecule has 0 aliphatic rings. The van der Waals surface area contributed by atoms with Crippen molar-refractivity contribution in [3.05, 3.63) is 139 Å². The van der Waals surface area contributed by atoms with Crippen LogP contribution in [0.15, 0.2) is 133 Å². The van der Waals surface area contributed by atoms with Gasteiger partial charge >= 0.3 is 0 Å². The number of ether oxygens (including phenoxy) is 3. The first-order valence-electron chi connectivity index (χ1n) is 13.5. The fourth-order valence-corrected chi connectivity index (χ4v) is 4.33. The van der Waals surface area contributed by atoms with Crippen LogP contribution in [-0.4, -0.2) is 22.1 Å². The summed E-state index contributed by atoms with van der Waals surface area (Å²) in [5, 5.41) is 3.35. The first-order chi connectivity index (χ1) is 20.7. The number of nitrogens with zero attached hydrogens (tertiary/aromatic N) is 3. The van der Waals surface area contributed by atoms with E-state index < -0.39 is 0 Å². The molecule has 0 saturated heterocycles. The maximum Gasteiger partial charge on any atom is 0.227 e. The van der Waals surface area contributed by atoms with Crippen molar-refractivity contribution in [2.24, 2.45) is 0 Å². The Morgan fingerprint density at radius 2 is 0.952 bits per heavy atom. The van der Waals surface area contributed by atoms with E-state index in [0.717, 1.165) is 45.4 Å². The summed E-state index contributed by atoms with van der Waals surface area (Å²) in [6.45, 7) is 0.487. The molecular formula is C35H28N4O3. The Balaban J connectivity index is 1.29. The average molecular weight is 553 g/mol. The number of nitrogens with one attached hydrogen (secondary N) is 1. The lowest BCUT2D eigenvalue weighted by Crippen LogP contribution is -2.08. The second kappa shape index (κ2) is 12.7. The molecule has 1 aromatic heterocycles. The van der Waals surface area contributed by atoms with Gasteiger partial charge in [0.2, 0.25) is 5.95 Å². The second-order valence-electron chi connectivity index (χ2n) is 9.35. The normalized spacial score (nSPS) is 10.6. The number of para-hydroxylation sites is 3. The Morgan fingerprint density at radius 1 is 0.500 bits per heavy atom. The summed E-state index contributed by atoms with van der Waals surface area (Å²) < 4.78 is 17.4. The van der Waals surface area contributed by atoms with Crippen molar-refractivity contribution in [1.29, 1.82) is 0 Å². The van der Waals surface area contributed by atoms with Crippen LogP contribution < -0.4 is 19.5 Å². The van der Waals surface area contributed by atoms with Crippen LogP contribution in [0.2, 0.25) is 0 Å². The largest absolute Gasteiger partial charge is 0.496 e. The molecule has 1 heterocycles. The van der Waals surface area contributed by atoms with Crippen LogP contribution in [0.25, 0.3) is 22.8 Å². The number of hydrogen-bond acceptors (Lipinski definition) is 7. The van der Waals surface area contributed by atoms with E-state index in [9.17, 15) is 0 Å². The molecule has 0 fully saturated rings. The van der Waals surface area contributed by atoms with Gasteiger partial charge in [-0.1, -0.05) is 54.6 Å². The van der Waals surface area contributed by atoms with Crippen molar-refractivity contribution in [2.45, 2.75) is 6.54 Å². The van der Waals surface area contributed by atoms with Crippen molar-refractivity contribution in [2.75, 3.05) is 12.4 Å². The van der Waals surface area contributed by atoms with E-state index in [1.165, 1.54) is 0 Å². The third kappa shape index (κ3) is 6.54. The number of hydrogen-bond donors (Lipinski definition) is 1. The molecule has 1 N–H and O–H groups in total. The highest BCUT2D eigenvalue weighted by atomic mass is 16.5. The first kappa shape index (κ1) is 26.5. The van der Waals surface area contributed by atoms with E-state index in [2.05, 4.69) is 5.32 Å². The van der Waals surface area contributed by atoms with Gasteiger partial charge in [-0.05, 0) is 78.9 Å². The van der Waals surface area contributed by atoms with Crippen molar-refractivity contribution in [3.8, 4) is 51.5 Å². The predicted octanol–water partition coefficient (Wildman–Crippen LogP) is 8.41. The SMILES string of the molecule is COc1ccccc1CNc1nc(-c2ccc(Oc3ccccc3)cc2)nc(-c2ccc(Oc3ccccc3)cc2)n1. The number of methoxy groups -OCH3 is 1. The van der Waals surface area contributed by atoms with Crippen LogP contribution in [0.3, 0.4) is 0 Å². The van der Waals surface area contributed by atoms with E-state index in [1.54, 1.807) is 7.11 Å². The molecule has 0 bridgehead atoms. The van der Waals surface area contributed by atoms with Gasteiger partial charge in [0.15, 0.2) is 11.6 Å². The van der Waals surface area contributed by atoms with Crippen molar-refractivity contribution in [1.82, 2.24) is 15.0 Å². The minimum absolute atomic E-state index is 0.454. The Labute approximate surface area is 244 Å². The van der Waals surface area contributed by atoms with Gasteiger partial charge in [-0.15, -0.1) is 0 Å². The van der Waals surface area contributed by atoms with E-state index >= 15 is 0 Å². The molecule has 7 heteroatoms. The summed E-state index contributed by atoms with van der Waals surface area (Å²) >= 11 is 0. The van der Waals surface area contributed by atoms with Crippen molar-refractivity contribution in [3.63, 3.8) is 0 Å². The van der Waals surface area contributed by atoms with E-state index in [-0.39, 0.29) is 0 Å². The lowest BCUT2D eigenvalue weighted by molar-refractivity contribution is 0.410. The van der Waals surface area contributed by atoms with E-state index in [1.807, 2.05) is 133 Å². The molecule has 0 unspecified atom stereocenters. The van der Waals surface area contributed by atoms with E-state index in [0.29, 0.717) is 24.1 Å². The number of aromatic nitrogens is 3. The second-order valence-corrected chi connectivity index (χ2v) is 9.35. The standard InChI is InChI=1S/C35H28N4O3/c1-40-32-15-9-8-10-27(32)24-36-35-38-33(25-16-20-30(21-17-25)41-28-11-4-2-5-12-28)37-34(39-35)26-18-22-31(23-19-26)42-29-13-6-3-7-14-29/h2-23H,24H2,1H3,(H,36,37,38,39). The topological polar surface area (TPSA) is 78.4 Å². The number of anilines is 1. The highest BCUT2D eigenvalue weighted by Crippen LogP contribution is 2.28. The van der Waals surface area contributed by atoms with Crippen LogP contribution in [-0.2, 0) is 6.54 Å². The smallest absolute Gasteiger partial charge is 0.227 e. The molecule has 0 radical (unpaired) electrons. The van der Waals surface area contributed by atoms with Gasteiger partial charge in [0.1, 0.15) is 28.7 Å². The van der Waals surface area contributed by atoms with Gasteiger partial charge < -0.3 is 19.5 Å². The minimum Gasteiger partial charge on any atom is -0.496 e. The molecule has 6 aromatic rings. The van der Waals surface area contributed by atoms with Crippen molar-refractivity contribution < 1.29 is 14.2 Å². The van der Waals surface area contributed by atoms with Crippen LogP contribution in [0, 0.1) is 0 Å². The fraction of sp³-hybridized carbons (Fsp3) is 0.0571. The van der Waals surface area contributed by atoms with Gasteiger partial charge in [0.25, 0.3) is 0 Å². The molecule has 0 saturated carbocycles. The Morgan fingerprint density at radius 3 is 1.45 bits per heavy atom. The molecule has 0 atom stereocenters. The predicted molar refractivity (Wildman–Crippen MR) is 164 cm³/mol. The minimum atomic E-state index is 0.454. The lowest BCUT2D eigenvalue weighted by atomic mass is 10.1. The molecule has 0 aliphatic heterocycles. The zero-order valence-corrected chi connectivity index (χ0v) is 23.0. The molecular weight excluding hydrogens is 524 g/mol. The third-order valence-electron chi connectivity index (χ3n) is 6.45. The van der Waals surface area contributed by atoms with Gasteiger partial charge in [-0.25, -0.2) is 4.98 Å². The quantitative estimate of drug-likeness (QED) is 0.183. The fourth-order valence-electron chi connectivity index (χ4n) is 4.33. The maximum atomic E-state index is 5.96. The summed E-state index contributed by atoms with van der Waals surface area (Å²) in [7, 11) is 1.66. The van der Waals surface area contributed by atoms with Crippen LogP contribution >= 0.6 is 0 Å². The Bertz CT molecular complexity index is 1640. The molecule has 6 rings (SSSR count). The summed E-state index contributed by atoms with van der Waals surface area (Å²) in [6.07, 6.45) is 0. The molecule has 0 aliphatic carbocycles. The molecule has 7 nitrogen and oxygen atoms in total. The van der Waals surface area contributed by atoms with Crippen LogP contribution in [0.4, 0.5) is 5.95 Å². The monoisotopic (exact) mass is 552 g/mol. The Hall–Kier alpha value is -5.69. The lowest BCUT2D eigenvalue weighted by Gasteiger charge is -2.12. The summed E-state index contributed by atoms with van der Waals surface area (Å²) in [6, 6.07) is 42.6. The van der Waals surface area contributed by atoms with Gasteiger partial charge in [0, 0.05) is 23.2 Å². The highest BCUT2D eigenvalue weighted by Gasteiger charge is 2.12. The maximum absolute atomic E-state index is 5.96. The number of rotatable bonds is 10. The van der Waals surface area contributed by atoms with Gasteiger partial charge in [0.05, 0.1) is 7.11 Å². The summed E-state index contributed by atoms with van der Waals surface area (Å²) in [5.74, 6) is 5.32. The van der Waals surface area contributed by atoms with Crippen LogP contribution in [0.1, 0.15) is 5.56 Å². The highest BCUT2D eigenvalue weighted by molar-refractivity contribution is 5.64. The van der Waals surface area contributed by atoms with E-state index in [4.69, 9.17) is 29.2 Å². The van der Waals surface area contributed by atoms with Crippen LogP contribution in [0.5, 0.6) is 28.7 Å². The van der Waals surface area contributed by atoms with Gasteiger partial charge in [-0.2, -0.15) is 9.97 Å². The first-order valence-corrected chi connectivity index (χ1v) is 13.5. The molecule has 42 heavy (non-hydrogen) atoms. The number of benzene rings is 5. The van der Waals surface area contributed by atoms with Crippen molar-refractivity contribution >= 4 is 5.95 Å². The molecule has 206 valence electrons. The summed E-state index contributed by atoms with van der Waals surface area (Å²) in [5.41, 5.74) is 2.67. The Kier molecular flexibility index (Phi) is 7.99.